The first-order valence-corrected chi connectivity index (χ1v) is 10.1. The molecule has 0 saturated heterocycles. The van der Waals surface area contributed by atoms with Crippen molar-refractivity contribution in [2.24, 2.45) is 0 Å². The Morgan fingerprint density at radius 1 is 1.36 bits per heavy atom. The summed E-state index contributed by atoms with van der Waals surface area (Å²) in [7, 11) is 0. The molecule has 1 aliphatic rings. The predicted octanol–water partition coefficient (Wildman–Crippen LogP) is 4.18. The summed E-state index contributed by atoms with van der Waals surface area (Å²) in [6.07, 6.45) is 4.27. The Morgan fingerprint density at radius 2 is 2.18 bits per heavy atom. The van der Waals surface area contributed by atoms with Gasteiger partial charge in [0.15, 0.2) is 10.9 Å². The molecule has 2 unspecified atom stereocenters. The van der Waals surface area contributed by atoms with Gasteiger partial charge in [-0.25, -0.2) is 0 Å². The smallest absolute Gasteiger partial charge is 0.240 e. The topological polar surface area (TPSA) is 64.2 Å². The molecule has 0 saturated carbocycles. The fourth-order valence-corrected chi connectivity index (χ4v) is 4.47. The third-order valence-corrected chi connectivity index (χ3v) is 5.91. The van der Waals surface area contributed by atoms with E-state index >= 15 is 0 Å². The fraction of sp³-hybridized carbons (Fsp3) is 0.286. The van der Waals surface area contributed by atoms with Gasteiger partial charge in [0.1, 0.15) is 0 Å². The summed E-state index contributed by atoms with van der Waals surface area (Å²) in [4.78, 5) is 15.1. The van der Waals surface area contributed by atoms with Gasteiger partial charge in [-0.15, -0.1) is 16.8 Å². The van der Waals surface area contributed by atoms with E-state index in [2.05, 4.69) is 29.8 Å². The average molecular weight is 395 g/mol. The Kier molecular flexibility index (Phi) is 5.09. The average Bonchev–Trinajstić information content (AvgIpc) is 3.40. The molecule has 2 aromatic heterocycles. The highest BCUT2D eigenvalue weighted by atomic mass is 32.2. The number of anilines is 1. The number of thioether (sulfide) groups is 1. The van der Waals surface area contributed by atoms with Gasteiger partial charge < -0.3 is 9.32 Å². The second kappa shape index (κ2) is 7.67. The molecule has 0 fully saturated rings. The summed E-state index contributed by atoms with van der Waals surface area (Å²) < 4.78 is 7.38. The lowest BCUT2D eigenvalue weighted by Crippen LogP contribution is -2.40. The van der Waals surface area contributed by atoms with E-state index in [-0.39, 0.29) is 17.2 Å². The van der Waals surface area contributed by atoms with E-state index < -0.39 is 0 Å². The second-order valence-electron chi connectivity index (χ2n) is 6.83. The number of carbonyl (C=O) groups is 1. The standard InChI is InChI=1S/C21H22N4O2S/c1-4-11-24-19(18-10-7-12-27-18)22-23-21(24)28-15(3)20(26)25-14(2)13-16-8-5-6-9-17(16)25/h4-10,12,14-15H,1,11,13H2,2-3H3. The third kappa shape index (κ3) is 3.26. The van der Waals surface area contributed by atoms with Crippen LogP contribution in [0, 0.1) is 0 Å². The van der Waals surface area contributed by atoms with Gasteiger partial charge in [-0.1, -0.05) is 36.0 Å². The summed E-state index contributed by atoms with van der Waals surface area (Å²) in [5.74, 6) is 1.35. The van der Waals surface area contributed by atoms with Crippen LogP contribution in [0.4, 0.5) is 5.69 Å². The van der Waals surface area contributed by atoms with E-state index in [9.17, 15) is 4.79 Å². The maximum absolute atomic E-state index is 13.2. The largest absolute Gasteiger partial charge is 0.461 e. The Labute approximate surface area is 168 Å². The van der Waals surface area contributed by atoms with Crippen molar-refractivity contribution in [2.75, 3.05) is 4.90 Å². The zero-order valence-corrected chi connectivity index (χ0v) is 16.7. The maximum atomic E-state index is 13.2. The number of carbonyl (C=O) groups excluding carboxylic acids is 1. The number of nitrogens with zero attached hydrogens (tertiary/aromatic N) is 4. The first kappa shape index (κ1) is 18.6. The normalized spacial score (nSPS) is 16.8. The number of amides is 1. The van der Waals surface area contributed by atoms with Crippen LogP contribution in [-0.2, 0) is 17.8 Å². The monoisotopic (exact) mass is 394 g/mol. The Bertz CT molecular complexity index is 996. The van der Waals surface area contributed by atoms with Crippen molar-refractivity contribution in [3.63, 3.8) is 0 Å². The molecule has 0 aliphatic carbocycles. The number of para-hydroxylation sites is 1. The first-order chi connectivity index (χ1) is 13.6. The number of hydrogen-bond donors (Lipinski definition) is 0. The highest BCUT2D eigenvalue weighted by Gasteiger charge is 2.34. The zero-order valence-electron chi connectivity index (χ0n) is 15.9. The number of fused-ring (bicyclic) bond motifs is 1. The van der Waals surface area contributed by atoms with Gasteiger partial charge >= 0.3 is 0 Å². The van der Waals surface area contributed by atoms with E-state index in [0.29, 0.717) is 23.3 Å². The van der Waals surface area contributed by atoms with Crippen LogP contribution in [0.1, 0.15) is 19.4 Å². The first-order valence-electron chi connectivity index (χ1n) is 9.25. The summed E-state index contributed by atoms with van der Waals surface area (Å²) in [5.41, 5.74) is 2.23. The van der Waals surface area contributed by atoms with Crippen molar-refractivity contribution in [3.05, 3.63) is 60.9 Å². The van der Waals surface area contributed by atoms with Gasteiger partial charge in [0.05, 0.1) is 11.5 Å². The lowest BCUT2D eigenvalue weighted by Gasteiger charge is -2.25. The van der Waals surface area contributed by atoms with Crippen LogP contribution in [0.2, 0.25) is 0 Å². The Morgan fingerprint density at radius 3 is 2.93 bits per heavy atom. The lowest BCUT2D eigenvalue weighted by atomic mass is 10.1. The van der Waals surface area contributed by atoms with E-state index in [4.69, 9.17) is 4.42 Å². The van der Waals surface area contributed by atoms with Gasteiger partial charge in [0.2, 0.25) is 11.7 Å². The molecule has 144 valence electrons. The molecule has 0 spiro atoms. The van der Waals surface area contributed by atoms with Crippen molar-refractivity contribution in [3.8, 4) is 11.6 Å². The maximum Gasteiger partial charge on any atom is 0.240 e. The van der Waals surface area contributed by atoms with Crippen LogP contribution in [-0.4, -0.2) is 32.0 Å². The van der Waals surface area contributed by atoms with Crippen molar-refractivity contribution >= 4 is 23.4 Å². The molecule has 7 heteroatoms. The van der Waals surface area contributed by atoms with Gasteiger partial charge in [0, 0.05) is 18.3 Å². The van der Waals surface area contributed by atoms with Crippen molar-refractivity contribution < 1.29 is 9.21 Å². The van der Waals surface area contributed by atoms with Crippen molar-refractivity contribution in [1.29, 1.82) is 0 Å². The van der Waals surface area contributed by atoms with Crippen LogP contribution in [0.3, 0.4) is 0 Å². The molecule has 6 nitrogen and oxygen atoms in total. The summed E-state index contributed by atoms with van der Waals surface area (Å²) in [5, 5.41) is 8.94. The molecule has 1 aliphatic heterocycles. The van der Waals surface area contributed by atoms with Gasteiger partial charge in [-0.3, -0.25) is 9.36 Å². The molecule has 0 bridgehead atoms. The predicted molar refractivity (Wildman–Crippen MR) is 110 cm³/mol. The van der Waals surface area contributed by atoms with Crippen molar-refractivity contribution in [2.45, 2.75) is 43.3 Å². The number of allylic oxidation sites excluding steroid dienone is 1. The van der Waals surface area contributed by atoms with E-state index in [1.807, 2.05) is 46.7 Å². The molecule has 0 radical (unpaired) electrons. The molecule has 1 aromatic carbocycles. The summed E-state index contributed by atoms with van der Waals surface area (Å²) >= 11 is 1.41. The fourth-order valence-electron chi connectivity index (χ4n) is 3.56. The minimum atomic E-state index is -0.300. The third-order valence-electron chi connectivity index (χ3n) is 4.84. The van der Waals surface area contributed by atoms with Crippen molar-refractivity contribution in [1.82, 2.24) is 14.8 Å². The summed E-state index contributed by atoms with van der Waals surface area (Å²) in [6, 6.07) is 11.9. The molecule has 28 heavy (non-hydrogen) atoms. The van der Waals surface area contributed by atoms with Gasteiger partial charge in [0.25, 0.3) is 0 Å². The van der Waals surface area contributed by atoms with Crippen LogP contribution in [0.15, 0.2) is 64.9 Å². The molecule has 3 heterocycles. The molecule has 3 aromatic rings. The van der Waals surface area contributed by atoms with Gasteiger partial charge in [-0.2, -0.15) is 0 Å². The van der Waals surface area contributed by atoms with E-state index in [1.54, 1.807) is 12.3 Å². The Hall–Kier alpha value is -2.80. The SMILES string of the molecule is C=CCn1c(SC(C)C(=O)N2c3ccccc3CC2C)nnc1-c1ccco1. The molecule has 2 atom stereocenters. The van der Waals surface area contributed by atoms with Crippen LogP contribution in [0.25, 0.3) is 11.6 Å². The minimum Gasteiger partial charge on any atom is -0.461 e. The zero-order chi connectivity index (χ0) is 19.7. The van der Waals surface area contributed by atoms with Gasteiger partial charge in [-0.05, 0) is 44.0 Å². The number of aromatic nitrogens is 3. The van der Waals surface area contributed by atoms with Crippen LogP contribution in [0.5, 0.6) is 0 Å². The number of hydrogen-bond acceptors (Lipinski definition) is 5. The lowest BCUT2D eigenvalue weighted by molar-refractivity contribution is -0.118. The summed E-state index contributed by atoms with van der Waals surface area (Å²) in [6.45, 7) is 8.36. The second-order valence-corrected chi connectivity index (χ2v) is 8.14. The van der Waals surface area contributed by atoms with Crippen LogP contribution < -0.4 is 4.90 Å². The number of benzene rings is 1. The molecular formula is C21H22N4O2S. The molecular weight excluding hydrogens is 372 g/mol. The quantitative estimate of drug-likeness (QED) is 0.463. The molecule has 4 rings (SSSR count). The molecule has 0 N–H and O–H groups in total. The van der Waals surface area contributed by atoms with E-state index in [0.717, 1.165) is 12.1 Å². The van der Waals surface area contributed by atoms with E-state index in [1.165, 1.54) is 17.3 Å². The Balaban J connectivity index is 1.58. The highest BCUT2D eigenvalue weighted by molar-refractivity contribution is 8.00. The highest BCUT2D eigenvalue weighted by Crippen LogP contribution is 2.35. The number of rotatable bonds is 6. The number of furan rings is 1. The minimum absolute atomic E-state index is 0.0788. The van der Waals surface area contributed by atoms with Crippen LogP contribution >= 0.6 is 11.8 Å². The molecule has 1 amide bonds.